The van der Waals surface area contributed by atoms with Crippen LogP contribution >= 0.6 is 0 Å². The fourth-order valence-electron chi connectivity index (χ4n) is 2.10. The molecule has 0 bridgehead atoms. The minimum absolute atomic E-state index is 0.0861. The lowest BCUT2D eigenvalue weighted by molar-refractivity contribution is 0.442. The number of aryl methyl sites for hydroxylation is 1. The predicted molar refractivity (Wildman–Crippen MR) is 77.2 cm³/mol. The van der Waals surface area contributed by atoms with Gasteiger partial charge in [0.15, 0.2) is 0 Å². The summed E-state index contributed by atoms with van der Waals surface area (Å²) in [4.78, 5) is 8.33. The molecule has 20 heavy (non-hydrogen) atoms. The number of anilines is 2. The maximum absolute atomic E-state index is 5.70. The van der Waals surface area contributed by atoms with Crippen LogP contribution in [0.1, 0.15) is 24.2 Å². The second-order valence-electron chi connectivity index (χ2n) is 4.70. The predicted octanol–water partition coefficient (Wildman–Crippen LogP) is 2.68. The zero-order valence-electron chi connectivity index (χ0n) is 11.3. The van der Waals surface area contributed by atoms with Crippen LogP contribution in [0.15, 0.2) is 35.1 Å². The van der Waals surface area contributed by atoms with Gasteiger partial charge in [-0.3, -0.25) is 0 Å². The van der Waals surface area contributed by atoms with Gasteiger partial charge < -0.3 is 15.6 Å². The van der Waals surface area contributed by atoms with Crippen LogP contribution in [0.3, 0.4) is 0 Å². The van der Waals surface area contributed by atoms with Crippen LogP contribution in [0, 0.1) is 6.92 Å². The zero-order chi connectivity index (χ0) is 14.1. The van der Waals surface area contributed by atoms with Gasteiger partial charge in [-0.25, -0.2) is 4.98 Å². The molecular weight excluding hydrogens is 254 g/mol. The lowest BCUT2D eigenvalue weighted by atomic mass is 10.1. The molecule has 0 radical (unpaired) electrons. The normalized spacial score (nSPS) is 12.5. The molecule has 0 aliphatic heterocycles. The van der Waals surface area contributed by atoms with Crippen molar-refractivity contribution in [2.24, 2.45) is 0 Å². The van der Waals surface area contributed by atoms with Crippen molar-refractivity contribution >= 4 is 22.6 Å². The Morgan fingerprint density at radius 2 is 1.95 bits per heavy atom. The molecule has 1 aromatic carbocycles. The van der Waals surface area contributed by atoms with Gasteiger partial charge in [0.1, 0.15) is 17.5 Å². The molecule has 6 heteroatoms. The van der Waals surface area contributed by atoms with Crippen LogP contribution in [0.2, 0.25) is 0 Å². The molecule has 0 aliphatic rings. The first-order chi connectivity index (χ1) is 9.65. The summed E-state index contributed by atoms with van der Waals surface area (Å²) in [7, 11) is 0. The number of fused-ring (bicyclic) bond motifs is 1. The summed E-state index contributed by atoms with van der Waals surface area (Å²) in [6, 6.07) is 7.84. The number of benzene rings is 1. The van der Waals surface area contributed by atoms with Crippen molar-refractivity contribution in [3.05, 3.63) is 41.9 Å². The molecule has 1 atom stereocenters. The third-order valence-electron chi connectivity index (χ3n) is 3.23. The van der Waals surface area contributed by atoms with Crippen LogP contribution in [0.4, 0.5) is 11.5 Å². The second kappa shape index (κ2) is 4.80. The molecule has 2 heterocycles. The fraction of sp³-hybridized carbons (Fsp3) is 0.214. The average molecular weight is 269 g/mol. The van der Waals surface area contributed by atoms with Crippen LogP contribution in [0.5, 0.6) is 0 Å². The summed E-state index contributed by atoms with van der Waals surface area (Å²) in [5.74, 6) is 0.720. The Morgan fingerprint density at radius 1 is 1.20 bits per heavy atom. The first kappa shape index (κ1) is 12.4. The molecule has 102 valence electrons. The molecule has 1 unspecified atom stereocenters. The van der Waals surface area contributed by atoms with E-state index >= 15 is 0 Å². The largest absolute Gasteiger partial charge is 0.399 e. The van der Waals surface area contributed by atoms with E-state index in [0.29, 0.717) is 5.71 Å². The van der Waals surface area contributed by atoms with Gasteiger partial charge in [-0.2, -0.15) is 4.98 Å². The molecular formula is C14H15N5O. The highest BCUT2D eigenvalue weighted by atomic mass is 16.5. The molecule has 6 nitrogen and oxygen atoms in total. The topological polar surface area (TPSA) is 89.9 Å². The standard InChI is InChI=1S/C14H15N5O/c1-8(10-3-5-11(15)6-4-10)18-13-12-9(2)19-20-14(12)17-7-16-13/h3-8H,15H2,1-2H3,(H,16,17,18). The minimum atomic E-state index is 0.0861. The Balaban J connectivity index is 1.93. The Hall–Kier alpha value is -2.63. The van der Waals surface area contributed by atoms with E-state index in [0.717, 1.165) is 28.1 Å². The van der Waals surface area contributed by atoms with Crippen molar-refractivity contribution in [3.63, 3.8) is 0 Å². The van der Waals surface area contributed by atoms with E-state index < -0.39 is 0 Å². The molecule has 0 amide bonds. The zero-order valence-corrected chi connectivity index (χ0v) is 11.3. The smallest absolute Gasteiger partial charge is 0.263 e. The molecule has 0 aliphatic carbocycles. The molecule has 3 N–H and O–H groups in total. The number of nitrogens with two attached hydrogens (primary N) is 1. The van der Waals surface area contributed by atoms with Gasteiger partial charge in [0.2, 0.25) is 0 Å². The Bertz CT molecular complexity index is 735. The summed E-state index contributed by atoms with van der Waals surface area (Å²) in [6.07, 6.45) is 1.46. The van der Waals surface area contributed by atoms with Crippen LogP contribution in [-0.2, 0) is 0 Å². The maximum Gasteiger partial charge on any atom is 0.263 e. The SMILES string of the molecule is Cc1noc2ncnc(NC(C)c3ccc(N)cc3)c12. The van der Waals surface area contributed by atoms with Gasteiger partial charge in [-0.1, -0.05) is 17.3 Å². The van der Waals surface area contributed by atoms with Gasteiger partial charge >= 0.3 is 0 Å². The van der Waals surface area contributed by atoms with Crippen LogP contribution < -0.4 is 11.1 Å². The summed E-state index contributed by atoms with van der Waals surface area (Å²) in [5, 5.41) is 8.08. The summed E-state index contributed by atoms with van der Waals surface area (Å²) < 4.78 is 5.13. The van der Waals surface area contributed by atoms with E-state index in [1.165, 1.54) is 6.33 Å². The quantitative estimate of drug-likeness (QED) is 0.710. The lowest BCUT2D eigenvalue weighted by Crippen LogP contribution is -2.08. The van der Waals surface area contributed by atoms with Crippen LogP contribution in [-0.4, -0.2) is 15.1 Å². The Morgan fingerprint density at radius 3 is 2.70 bits per heavy atom. The molecule has 3 rings (SSSR count). The third-order valence-corrected chi connectivity index (χ3v) is 3.23. The highest BCUT2D eigenvalue weighted by Gasteiger charge is 2.14. The minimum Gasteiger partial charge on any atom is -0.399 e. The van der Waals surface area contributed by atoms with E-state index in [4.69, 9.17) is 10.3 Å². The fourth-order valence-corrected chi connectivity index (χ4v) is 2.10. The van der Waals surface area contributed by atoms with Gasteiger partial charge in [-0.05, 0) is 31.5 Å². The maximum atomic E-state index is 5.70. The van der Waals surface area contributed by atoms with E-state index in [-0.39, 0.29) is 6.04 Å². The number of hydrogen-bond acceptors (Lipinski definition) is 6. The highest BCUT2D eigenvalue weighted by Crippen LogP contribution is 2.26. The van der Waals surface area contributed by atoms with Gasteiger partial charge in [-0.15, -0.1) is 0 Å². The molecule has 0 spiro atoms. The summed E-state index contributed by atoms with van der Waals surface area (Å²) in [6.45, 7) is 3.93. The van der Waals surface area contributed by atoms with Gasteiger partial charge in [0.25, 0.3) is 5.71 Å². The first-order valence-corrected chi connectivity index (χ1v) is 6.34. The lowest BCUT2D eigenvalue weighted by Gasteiger charge is -2.15. The van der Waals surface area contributed by atoms with Crippen molar-refractivity contribution in [1.82, 2.24) is 15.1 Å². The highest BCUT2D eigenvalue weighted by molar-refractivity contribution is 5.87. The number of rotatable bonds is 3. The first-order valence-electron chi connectivity index (χ1n) is 6.34. The van der Waals surface area contributed by atoms with E-state index in [9.17, 15) is 0 Å². The van der Waals surface area contributed by atoms with Crippen molar-refractivity contribution in [2.75, 3.05) is 11.1 Å². The van der Waals surface area contributed by atoms with Gasteiger partial charge in [0, 0.05) is 11.7 Å². The molecule has 0 fully saturated rings. The van der Waals surface area contributed by atoms with Crippen molar-refractivity contribution in [3.8, 4) is 0 Å². The number of nitrogens with one attached hydrogen (secondary N) is 1. The average Bonchev–Trinajstić information content (AvgIpc) is 2.82. The molecule has 3 aromatic rings. The second-order valence-corrected chi connectivity index (χ2v) is 4.70. The van der Waals surface area contributed by atoms with Crippen molar-refractivity contribution in [1.29, 1.82) is 0 Å². The van der Waals surface area contributed by atoms with Crippen LogP contribution in [0.25, 0.3) is 11.1 Å². The van der Waals surface area contributed by atoms with Gasteiger partial charge in [0.05, 0.1) is 5.69 Å². The number of aromatic nitrogens is 3. The molecule has 0 saturated carbocycles. The summed E-state index contributed by atoms with van der Waals surface area (Å²) >= 11 is 0. The van der Waals surface area contributed by atoms with Crippen molar-refractivity contribution in [2.45, 2.75) is 19.9 Å². The van der Waals surface area contributed by atoms with E-state index in [1.54, 1.807) is 0 Å². The van der Waals surface area contributed by atoms with Crippen molar-refractivity contribution < 1.29 is 4.52 Å². The third kappa shape index (κ3) is 2.16. The number of nitrogens with zero attached hydrogens (tertiary/aromatic N) is 3. The number of hydrogen-bond donors (Lipinski definition) is 2. The number of nitrogen functional groups attached to an aromatic ring is 1. The molecule has 0 saturated heterocycles. The Labute approximate surface area is 116 Å². The monoisotopic (exact) mass is 269 g/mol. The summed E-state index contributed by atoms with van der Waals surface area (Å²) in [5.41, 5.74) is 8.83. The van der Waals surface area contributed by atoms with E-state index in [1.807, 2.05) is 31.2 Å². The Kier molecular flexibility index (Phi) is 2.98. The van der Waals surface area contributed by atoms with E-state index in [2.05, 4.69) is 27.4 Å². The molecule has 2 aromatic heterocycles.